The van der Waals surface area contributed by atoms with E-state index in [1.165, 1.54) is 12.7 Å². The van der Waals surface area contributed by atoms with Gasteiger partial charge in [0, 0.05) is 24.4 Å². The number of carbonyl (C=O) groups is 2. The van der Waals surface area contributed by atoms with Crippen LogP contribution in [0.3, 0.4) is 0 Å². The van der Waals surface area contributed by atoms with Crippen molar-refractivity contribution in [3.8, 4) is 0 Å². The number of hydrogen-bond donors (Lipinski definition) is 0. The molecule has 1 aromatic rings. The van der Waals surface area contributed by atoms with Crippen LogP contribution in [-0.2, 0) is 15.3 Å². The lowest BCUT2D eigenvalue weighted by Gasteiger charge is -2.20. The fourth-order valence-electron chi connectivity index (χ4n) is 1.82. The highest BCUT2D eigenvalue weighted by Crippen LogP contribution is 2.12. The van der Waals surface area contributed by atoms with Gasteiger partial charge < -0.3 is 9.64 Å². The topological polar surface area (TPSA) is 46.6 Å². The highest BCUT2D eigenvalue weighted by Gasteiger charge is 2.15. The highest BCUT2D eigenvalue weighted by atomic mass is 32.2. The molecule has 0 aliphatic carbocycles. The van der Waals surface area contributed by atoms with Crippen LogP contribution in [0.5, 0.6) is 0 Å². The molecule has 0 aliphatic heterocycles. The summed E-state index contributed by atoms with van der Waals surface area (Å²) in [5.41, 5.74) is 1.85. The summed E-state index contributed by atoms with van der Waals surface area (Å²) in [5, 5.41) is 0. The molecule has 0 aromatic heterocycles. The van der Waals surface area contributed by atoms with Gasteiger partial charge >= 0.3 is 5.97 Å². The molecule has 0 bridgehead atoms. The predicted molar refractivity (Wildman–Crippen MR) is 81.9 cm³/mol. The smallest absolute Gasteiger partial charge is 0.307 e. The molecule has 0 heterocycles. The maximum atomic E-state index is 12.3. The van der Waals surface area contributed by atoms with Gasteiger partial charge in [0.25, 0.3) is 5.91 Å². The lowest BCUT2D eigenvalue weighted by atomic mass is 10.1. The van der Waals surface area contributed by atoms with Crippen LogP contribution in [0.2, 0.25) is 0 Å². The number of thioether (sulfide) groups is 1. The molecule has 1 rings (SSSR count). The zero-order valence-corrected chi connectivity index (χ0v) is 13.0. The number of esters is 1. The number of rotatable bonds is 7. The van der Waals surface area contributed by atoms with Crippen molar-refractivity contribution in [2.24, 2.45) is 0 Å². The maximum Gasteiger partial charge on any atom is 0.307 e. The van der Waals surface area contributed by atoms with Crippen LogP contribution in [0.4, 0.5) is 0 Å². The predicted octanol–water partition coefficient (Wildman–Crippen LogP) is 2.57. The summed E-state index contributed by atoms with van der Waals surface area (Å²) in [6.45, 7) is 2.86. The molecule has 0 unspecified atom stereocenters. The molecule has 20 heavy (non-hydrogen) atoms. The minimum Gasteiger partial charge on any atom is -0.469 e. The van der Waals surface area contributed by atoms with Crippen molar-refractivity contribution in [3.63, 3.8) is 0 Å². The van der Waals surface area contributed by atoms with Gasteiger partial charge in [-0.05, 0) is 30.9 Å². The monoisotopic (exact) mass is 295 g/mol. The molecule has 1 amide bonds. The Morgan fingerprint density at radius 3 is 2.40 bits per heavy atom. The molecule has 0 atom stereocenters. The number of hydrogen-bond acceptors (Lipinski definition) is 4. The summed E-state index contributed by atoms with van der Waals surface area (Å²) in [7, 11) is 1.35. The Morgan fingerprint density at radius 2 is 1.90 bits per heavy atom. The van der Waals surface area contributed by atoms with Crippen molar-refractivity contribution < 1.29 is 14.3 Å². The third kappa shape index (κ3) is 4.89. The molecule has 0 spiro atoms. The van der Waals surface area contributed by atoms with Crippen LogP contribution in [0.1, 0.15) is 29.3 Å². The van der Waals surface area contributed by atoms with Gasteiger partial charge in [0.15, 0.2) is 0 Å². The van der Waals surface area contributed by atoms with E-state index in [1.807, 2.05) is 37.4 Å². The van der Waals surface area contributed by atoms with Crippen LogP contribution < -0.4 is 0 Å². The van der Waals surface area contributed by atoms with Gasteiger partial charge in [0.2, 0.25) is 0 Å². The van der Waals surface area contributed by atoms with Crippen molar-refractivity contribution in [2.45, 2.75) is 19.1 Å². The molecule has 0 N–H and O–H groups in total. The van der Waals surface area contributed by atoms with Crippen LogP contribution in [0.25, 0.3) is 0 Å². The summed E-state index contributed by atoms with van der Waals surface area (Å²) in [6.07, 6.45) is 2.27. The first-order valence-electron chi connectivity index (χ1n) is 6.56. The van der Waals surface area contributed by atoms with Gasteiger partial charge in [0.05, 0.1) is 13.5 Å². The second kappa shape index (κ2) is 8.64. The number of carbonyl (C=O) groups excluding carboxylic acids is 2. The summed E-state index contributed by atoms with van der Waals surface area (Å²) in [6, 6.07) is 7.62. The van der Waals surface area contributed by atoms with Crippen LogP contribution in [0.15, 0.2) is 24.3 Å². The largest absolute Gasteiger partial charge is 0.469 e. The summed E-state index contributed by atoms with van der Waals surface area (Å²) >= 11 is 1.75. The standard InChI is InChI=1S/C15H21NO3S/c1-4-16(10-9-14(17)19-2)15(18)13-7-5-12(6-8-13)11-20-3/h5-8H,4,9-11H2,1-3H3. The first-order chi connectivity index (χ1) is 9.62. The molecule has 0 saturated carbocycles. The summed E-state index contributed by atoms with van der Waals surface area (Å²) in [4.78, 5) is 25.1. The molecule has 110 valence electrons. The number of benzene rings is 1. The van der Waals surface area contributed by atoms with Crippen molar-refractivity contribution in [2.75, 3.05) is 26.5 Å². The van der Waals surface area contributed by atoms with Gasteiger partial charge in [-0.25, -0.2) is 0 Å². The van der Waals surface area contributed by atoms with E-state index in [4.69, 9.17) is 0 Å². The van der Waals surface area contributed by atoms with Crippen molar-refractivity contribution in [1.29, 1.82) is 0 Å². The molecule has 1 aromatic carbocycles. The van der Waals surface area contributed by atoms with E-state index in [-0.39, 0.29) is 18.3 Å². The lowest BCUT2D eigenvalue weighted by Crippen LogP contribution is -2.33. The van der Waals surface area contributed by atoms with E-state index < -0.39 is 0 Å². The van der Waals surface area contributed by atoms with Gasteiger partial charge in [-0.2, -0.15) is 11.8 Å². The van der Waals surface area contributed by atoms with Crippen LogP contribution in [-0.4, -0.2) is 43.2 Å². The molecule has 5 heteroatoms. The Bertz CT molecular complexity index is 445. The molecular formula is C15H21NO3S. The van der Waals surface area contributed by atoms with Crippen LogP contribution >= 0.6 is 11.8 Å². The van der Waals surface area contributed by atoms with Gasteiger partial charge in [-0.3, -0.25) is 9.59 Å². The molecule has 0 aliphatic rings. The second-order valence-electron chi connectivity index (χ2n) is 4.34. The lowest BCUT2D eigenvalue weighted by molar-refractivity contribution is -0.140. The van der Waals surface area contributed by atoms with E-state index in [0.29, 0.717) is 18.7 Å². The van der Waals surface area contributed by atoms with Crippen molar-refractivity contribution in [3.05, 3.63) is 35.4 Å². The Morgan fingerprint density at radius 1 is 1.25 bits per heavy atom. The van der Waals surface area contributed by atoms with Gasteiger partial charge in [-0.15, -0.1) is 0 Å². The summed E-state index contributed by atoms with van der Waals surface area (Å²) in [5.74, 6) is 0.590. The molecule has 0 fully saturated rings. The first kappa shape index (κ1) is 16.6. The van der Waals surface area contributed by atoms with E-state index >= 15 is 0 Å². The third-order valence-electron chi connectivity index (χ3n) is 2.99. The fraction of sp³-hybridized carbons (Fsp3) is 0.467. The average Bonchev–Trinajstić information content (AvgIpc) is 2.48. The molecule has 0 radical (unpaired) electrons. The van der Waals surface area contributed by atoms with Gasteiger partial charge in [0.1, 0.15) is 0 Å². The zero-order chi connectivity index (χ0) is 15.0. The normalized spacial score (nSPS) is 10.2. The maximum absolute atomic E-state index is 12.3. The number of nitrogens with zero attached hydrogens (tertiary/aromatic N) is 1. The van der Waals surface area contributed by atoms with E-state index in [0.717, 1.165) is 5.75 Å². The number of amides is 1. The first-order valence-corrected chi connectivity index (χ1v) is 7.95. The fourth-order valence-corrected chi connectivity index (χ4v) is 2.35. The Kier molecular flexibility index (Phi) is 7.15. The third-order valence-corrected chi connectivity index (χ3v) is 3.62. The molecule has 0 saturated heterocycles. The zero-order valence-electron chi connectivity index (χ0n) is 12.2. The number of ether oxygens (including phenoxy) is 1. The SMILES string of the molecule is CCN(CCC(=O)OC)C(=O)c1ccc(CSC)cc1. The van der Waals surface area contributed by atoms with E-state index in [2.05, 4.69) is 4.74 Å². The second-order valence-corrected chi connectivity index (χ2v) is 5.21. The van der Waals surface area contributed by atoms with Crippen LogP contribution in [0, 0.1) is 0 Å². The van der Waals surface area contributed by atoms with Gasteiger partial charge in [-0.1, -0.05) is 12.1 Å². The minimum atomic E-state index is -0.299. The minimum absolute atomic E-state index is 0.0490. The van der Waals surface area contributed by atoms with Crippen molar-refractivity contribution in [1.82, 2.24) is 4.90 Å². The Hall–Kier alpha value is -1.49. The Labute approximate surface area is 124 Å². The quantitative estimate of drug-likeness (QED) is 0.725. The molecular weight excluding hydrogens is 274 g/mol. The average molecular weight is 295 g/mol. The summed E-state index contributed by atoms with van der Waals surface area (Å²) < 4.78 is 4.59. The Balaban J connectivity index is 2.67. The number of methoxy groups -OCH3 is 1. The van der Waals surface area contributed by atoms with E-state index in [9.17, 15) is 9.59 Å². The van der Waals surface area contributed by atoms with E-state index in [1.54, 1.807) is 16.7 Å². The van der Waals surface area contributed by atoms with Crippen molar-refractivity contribution >= 4 is 23.6 Å². The highest BCUT2D eigenvalue weighted by molar-refractivity contribution is 7.97. The molecule has 4 nitrogen and oxygen atoms in total.